The number of hydrogen-bond acceptors (Lipinski definition) is 4. The molecule has 0 fully saturated rings. The van der Waals surface area contributed by atoms with Gasteiger partial charge in [-0.3, -0.25) is 4.79 Å². The van der Waals surface area contributed by atoms with Crippen LogP contribution < -0.4 is 5.73 Å². The van der Waals surface area contributed by atoms with Crippen LogP contribution in [0.5, 0.6) is 0 Å². The van der Waals surface area contributed by atoms with Gasteiger partial charge in [0.05, 0.1) is 0 Å². The minimum absolute atomic E-state index is 0.110. The summed E-state index contributed by atoms with van der Waals surface area (Å²) in [7, 11) is 0. The van der Waals surface area contributed by atoms with Gasteiger partial charge in [-0.05, 0) is 6.42 Å². The van der Waals surface area contributed by atoms with Gasteiger partial charge in [0.15, 0.2) is 0 Å². The fourth-order valence-electron chi connectivity index (χ4n) is 0.645. The normalized spacial score (nSPS) is 15.5. The van der Waals surface area contributed by atoms with Crippen LogP contribution in [0.15, 0.2) is 0 Å². The highest BCUT2D eigenvalue weighted by molar-refractivity contribution is 5.81. The second kappa shape index (κ2) is 4.05. The highest BCUT2D eigenvalue weighted by Gasteiger charge is 2.32. The van der Waals surface area contributed by atoms with Crippen molar-refractivity contribution in [2.45, 2.75) is 18.4 Å². The summed E-state index contributed by atoms with van der Waals surface area (Å²) >= 11 is 0. The SMILES string of the molecule is NC(CC=O)(CCO)C(=O)O. The van der Waals surface area contributed by atoms with Gasteiger partial charge in [-0.1, -0.05) is 0 Å². The van der Waals surface area contributed by atoms with E-state index in [0.717, 1.165) is 0 Å². The molecule has 4 N–H and O–H groups in total. The molecule has 0 bridgehead atoms. The van der Waals surface area contributed by atoms with Gasteiger partial charge in [-0.15, -0.1) is 0 Å². The van der Waals surface area contributed by atoms with Gasteiger partial charge < -0.3 is 20.7 Å². The minimum atomic E-state index is -1.60. The molecule has 0 aromatic carbocycles. The van der Waals surface area contributed by atoms with Gasteiger partial charge in [0.1, 0.15) is 11.8 Å². The Morgan fingerprint density at radius 1 is 1.64 bits per heavy atom. The Kier molecular flexibility index (Phi) is 3.70. The van der Waals surface area contributed by atoms with Crippen LogP contribution in [0.4, 0.5) is 0 Å². The lowest BCUT2D eigenvalue weighted by Gasteiger charge is -2.20. The molecule has 0 aromatic heterocycles. The zero-order valence-electron chi connectivity index (χ0n) is 5.99. The molecular formula is C6H11NO4. The van der Waals surface area contributed by atoms with Crippen LogP contribution in [0.1, 0.15) is 12.8 Å². The van der Waals surface area contributed by atoms with Crippen LogP contribution >= 0.6 is 0 Å². The predicted octanol–water partition coefficient (Wildman–Crippen LogP) is -1.26. The molecule has 0 aliphatic heterocycles. The molecule has 0 saturated carbocycles. The summed E-state index contributed by atoms with van der Waals surface area (Å²) in [6.45, 7) is -0.337. The first-order chi connectivity index (χ1) is 5.06. The molecule has 0 heterocycles. The molecule has 0 radical (unpaired) electrons. The Morgan fingerprint density at radius 3 is 2.45 bits per heavy atom. The number of aldehydes is 1. The Balaban J connectivity index is 4.24. The van der Waals surface area contributed by atoms with E-state index >= 15 is 0 Å². The van der Waals surface area contributed by atoms with Crippen LogP contribution in [-0.4, -0.2) is 34.6 Å². The molecule has 5 heteroatoms. The topological polar surface area (TPSA) is 101 Å². The summed E-state index contributed by atoms with van der Waals surface area (Å²) < 4.78 is 0. The number of aliphatic hydroxyl groups excluding tert-OH is 1. The third-order valence-electron chi connectivity index (χ3n) is 1.43. The molecule has 11 heavy (non-hydrogen) atoms. The number of aliphatic hydroxyl groups is 1. The highest BCUT2D eigenvalue weighted by atomic mass is 16.4. The van der Waals surface area contributed by atoms with Crippen LogP contribution in [0.2, 0.25) is 0 Å². The molecule has 1 unspecified atom stereocenters. The average molecular weight is 161 g/mol. The standard InChI is InChI=1S/C6H11NO4/c7-6(1-3-8,2-4-9)5(10)11/h3,9H,1-2,4,7H2,(H,10,11). The van der Waals surface area contributed by atoms with E-state index in [-0.39, 0.29) is 19.4 Å². The highest BCUT2D eigenvalue weighted by Crippen LogP contribution is 2.09. The van der Waals surface area contributed by atoms with Gasteiger partial charge >= 0.3 is 5.97 Å². The molecular weight excluding hydrogens is 150 g/mol. The van der Waals surface area contributed by atoms with Crippen molar-refractivity contribution in [3.05, 3.63) is 0 Å². The lowest BCUT2D eigenvalue weighted by molar-refractivity contribution is -0.145. The van der Waals surface area contributed by atoms with Crippen molar-refractivity contribution in [1.29, 1.82) is 0 Å². The Bertz CT molecular complexity index is 159. The summed E-state index contributed by atoms with van der Waals surface area (Å²) in [4.78, 5) is 20.4. The lowest BCUT2D eigenvalue weighted by atomic mass is 9.94. The number of rotatable bonds is 5. The molecule has 0 amide bonds. The Hall–Kier alpha value is -0.940. The number of carbonyl (C=O) groups excluding carboxylic acids is 1. The summed E-state index contributed by atoms with van der Waals surface area (Å²) in [5.41, 5.74) is 3.67. The van der Waals surface area contributed by atoms with Crippen molar-refractivity contribution in [1.82, 2.24) is 0 Å². The summed E-state index contributed by atoms with van der Waals surface area (Å²) in [5, 5.41) is 16.9. The van der Waals surface area contributed by atoms with Gasteiger partial charge in [-0.2, -0.15) is 0 Å². The van der Waals surface area contributed by atoms with Crippen molar-refractivity contribution in [3.63, 3.8) is 0 Å². The quantitative estimate of drug-likeness (QED) is 0.437. The molecule has 0 aliphatic carbocycles. The molecule has 0 saturated heterocycles. The molecule has 0 spiro atoms. The number of carbonyl (C=O) groups is 2. The average Bonchev–Trinajstić information content (AvgIpc) is 1.88. The van der Waals surface area contributed by atoms with E-state index < -0.39 is 11.5 Å². The molecule has 64 valence electrons. The van der Waals surface area contributed by atoms with Crippen molar-refractivity contribution >= 4 is 12.3 Å². The maximum absolute atomic E-state index is 10.4. The van der Waals surface area contributed by atoms with Crippen molar-refractivity contribution in [3.8, 4) is 0 Å². The van der Waals surface area contributed by atoms with Crippen molar-refractivity contribution in [2.75, 3.05) is 6.61 Å². The van der Waals surface area contributed by atoms with E-state index in [4.69, 9.17) is 15.9 Å². The summed E-state index contributed by atoms with van der Waals surface area (Å²) in [6.07, 6.45) is 0.0494. The van der Waals surface area contributed by atoms with Gasteiger partial charge in [-0.25, -0.2) is 0 Å². The fourth-order valence-corrected chi connectivity index (χ4v) is 0.645. The summed E-state index contributed by atoms with van der Waals surface area (Å²) in [6, 6.07) is 0. The zero-order chi connectivity index (χ0) is 8.91. The number of hydrogen-bond donors (Lipinski definition) is 3. The first kappa shape index (κ1) is 10.1. The number of nitrogens with two attached hydrogens (primary N) is 1. The number of aliphatic carboxylic acids is 1. The summed E-state index contributed by atoms with van der Waals surface area (Å²) in [5.74, 6) is -1.27. The number of carboxylic acid groups (broad SMARTS) is 1. The predicted molar refractivity (Wildman–Crippen MR) is 36.9 cm³/mol. The zero-order valence-corrected chi connectivity index (χ0v) is 5.99. The minimum Gasteiger partial charge on any atom is -0.480 e. The Labute approximate surface area is 63.8 Å². The third-order valence-corrected chi connectivity index (χ3v) is 1.43. The smallest absolute Gasteiger partial charge is 0.324 e. The van der Waals surface area contributed by atoms with E-state index in [1.54, 1.807) is 0 Å². The van der Waals surface area contributed by atoms with Gasteiger partial charge in [0.25, 0.3) is 0 Å². The van der Waals surface area contributed by atoms with Gasteiger partial charge in [0, 0.05) is 13.0 Å². The first-order valence-corrected chi connectivity index (χ1v) is 3.13. The lowest BCUT2D eigenvalue weighted by Crippen LogP contribution is -2.49. The maximum Gasteiger partial charge on any atom is 0.324 e. The number of carboxylic acids is 1. The molecule has 0 aromatic rings. The molecule has 1 atom stereocenters. The van der Waals surface area contributed by atoms with E-state index in [1.807, 2.05) is 0 Å². The molecule has 0 rings (SSSR count). The fraction of sp³-hybridized carbons (Fsp3) is 0.667. The molecule has 0 aliphatic rings. The van der Waals surface area contributed by atoms with Gasteiger partial charge in [0.2, 0.25) is 0 Å². The second-order valence-electron chi connectivity index (χ2n) is 2.31. The van der Waals surface area contributed by atoms with Crippen LogP contribution in [0.3, 0.4) is 0 Å². The largest absolute Gasteiger partial charge is 0.480 e. The Morgan fingerprint density at radius 2 is 2.18 bits per heavy atom. The van der Waals surface area contributed by atoms with E-state index in [0.29, 0.717) is 6.29 Å². The second-order valence-corrected chi connectivity index (χ2v) is 2.31. The third kappa shape index (κ3) is 2.65. The van der Waals surface area contributed by atoms with Crippen LogP contribution in [-0.2, 0) is 9.59 Å². The van der Waals surface area contributed by atoms with Crippen LogP contribution in [0, 0.1) is 0 Å². The monoisotopic (exact) mass is 161 g/mol. The van der Waals surface area contributed by atoms with E-state index in [2.05, 4.69) is 0 Å². The molecule has 5 nitrogen and oxygen atoms in total. The van der Waals surface area contributed by atoms with Crippen molar-refractivity contribution in [2.24, 2.45) is 5.73 Å². The van der Waals surface area contributed by atoms with E-state index in [1.165, 1.54) is 0 Å². The first-order valence-electron chi connectivity index (χ1n) is 3.13. The van der Waals surface area contributed by atoms with E-state index in [9.17, 15) is 9.59 Å². The maximum atomic E-state index is 10.4. The van der Waals surface area contributed by atoms with Crippen molar-refractivity contribution < 1.29 is 19.8 Å². The van der Waals surface area contributed by atoms with Crippen LogP contribution in [0.25, 0.3) is 0 Å².